The Bertz CT molecular complexity index is 869. The SMILES string of the molecule is C=C(C)C1CC(=O)C(C)=C(c2[nH]c3ccc(Cl)cc3c2C(C)C)C1. The molecule has 0 saturated heterocycles. The molecule has 0 saturated carbocycles. The van der Waals surface area contributed by atoms with E-state index in [-0.39, 0.29) is 11.7 Å². The molecule has 0 radical (unpaired) electrons. The summed E-state index contributed by atoms with van der Waals surface area (Å²) >= 11 is 6.22. The first-order chi connectivity index (χ1) is 11.3. The average Bonchev–Trinajstić information content (AvgIpc) is 2.87. The zero-order valence-electron chi connectivity index (χ0n) is 14.8. The fourth-order valence-electron chi connectivity index (χ4n) is 3.68. The van der Waals surface area contributed by atoms with E-state index in [2.05, 4.69) is 25.4 Å². The summed E-state index contributed by atoms with van der Waals surface area (Å²) in [5, 5.41) is 1.89. The van der Waals surface area contributed by atoms with Gasteiger partial charge in [-0.1, -0.05) is 37.6 Å². The van der Waals surface area contributed by atoms with Gasteiger partial charge in [0.15, 0.2) is 5.78 Å². The van der Waals surface area contributed by atoms with Crippen LogP contribution in [0.15, 0.2) is 35.9 Å². The first-order valence-electron chi connectivity index (χ1n) is 8.49. The predicted octanol–water partition coefficient (Wildman–Crippen LogP) is 6.27. The molecule has 1 aliphatic rings. The fourth-order valence-corrected chi connectivity index (χ4v) is 3.85. The lowest BCUT2D eigenvalue weighted by Crippen LogP contribution is -2.19. The summed E-state index contributed by atoms with van der Waals surface area (Å²) in [6.45, 7) is 12.4. The number of fused-ring (bicyclic) bond motifs is 1. The molecule has 1 N–H and O–H groups in total. The van der Waals surface area contributed by atoms with Crippen molar-refractivity contribution in [3.8, 4) is 0 Å². The van der Waals surface area contributed by atoms with Crippen molar-refractivity contribution in [3.05, 3.63) is 52.2 Å². The van der Waals surface area contributed by atoms with E-state index < -0.39 is 0 Å². The van der Waals surface area contributed by atoms with Gasteiger partial charge in [-0.25, -0.2) is 0 Å². The van der Waals surface area contributed by atoms with Crippen LogP contribution in [0, 0.1) is 5.92 Å². The molecule has 0 fully saturated rings. The Kier molecular flexibility index (Phi) is 4.44. The molecule has 126 valence electrons. The van der Waals surface area contributed by atoms with Crippen LogP contribution in [0.3, 0.4) is 0 Å². The molecule has 0 bridgehead atoms. The zero-order valence-corrected chi connectivity index (χ0v) is 15.6. The van der Waals surface area contributed by atoms with Gasteiger partial charge in [0.25, 0.3) is 0 Å². The first-order valence-corrected chi connectivity index (χ1v) is 8.87. The van der Waals surface area contributed by atoms with Gasteiger partial charge >= 0.3 is 0 Å². The number of rotatable bonds is 3. The quantitative estimate of drug-likeness (QED) is 0.655. The van der Waals surface area contributed by atoms with Crippen molar-refractivity contribution in [3.63, 3.8) is 0 Å². The van der Waals surface area contributed by atoms with Crippen molar-refractivity contribution in [1.82, 2.24) is 4.98 Å². The predicted molar refractivity (Wildman–Crippen MR) is 103 cm³/mol. The molecular formula is C21H24ClNO. The number of nitrogens with one attached hydrogen (secondary N) is 1. The Hall–Kier alpha value is -1.80. The third-order valence-corrected chi connectivity index (χ3v) is 5.37. The topological polar surface area (TPSA) is 32.9 Å². The molecule has 1 heterocycles. The van der Waals surface area contributed by atoms with E-state index in [1.807, 2.05) is 32.0 Å². The highest BCUT2D eigenvalue weighted by molar-refractivity contribution is 6.31. The van der Waals surface area contributed by atoms with Gasteiger partial charge < -0.3 is 4.98 Å². The Morgan fingerprint density at radius 3 is 2.67 bits per heavy atom. The van der Waals surface area contributed by atoms with E-state index in [0.717, 1.165) is 44.8 Å². The highest BCUT2D eigenvalue weighted by Gasteiger charge is 2.29. The Balaban J connectivity index is 2.24. The van der Waals surface area contributed by atoms with Crippen LogP contribution in [0.4, 0.5) is 0 Å². The van der Waals surface area contributed by atoms with Crippen molar-refractivity contribution in [2.24, 2.45) is 5.92 Å². The maximum Gasteiger partial charge on any atom is 0.159 e. The van der Waals surface area contributed by atoms with E-state index in [1.165, 1.54) is 5.56 Å². The number of benzene rings is 1. The maximum absolute atomic E-state index is 12.5. The Labute approximate surface area is 148 Å². The van der Waals surface area contributed by atoms with Crippen molar-refractivity contribution < 1.29 is 4.79 Å². The van der Waals surface area contributed by atoms with Gasteiger partial charge in [-0.05, 0) is 67.0 Å². The monoisotopic (exact) mass is 341 g/mol. The van der Waals surface area contributed by atoms with Crippen LogP contribution in [-0.2, 0) is 4.79 Å². The van der Waals surface area contributed by atoms with Gasteiger partial charge in [-0.2, -0.15) is 0 Å². The minimum atomic E-state index is 0.228. The van der Waals surface area contributed by atoms with Crippen molar-refractivity contribution in [2.75, 3.05) is 0 Å². The van der Waals surface area contributed by atoms with Gasteiger partial charge in [0.05, 0.1) is 0 Å². The number of ketones is 1. The molecule has 1 aromatic carbocycles. The minimum Gasteiger partial charge on any atom is -0.355 e. The molecule has 0 aliphatic heterocycles. The Morgan fingerprint density at radius 1 is 1.33 bits per heavy atom. The number of aromatic nitrogens is 1. The molecule has 3 heteroatoms. The standard InChI is InChI=1S/C21H24ClNO/c1-11(2)14-8-16(13(5)19(24)9-14)21-20(12(3)4)17-10-15(22)6-7-18(17)23-21/h6-7,10,12,14,23H,1,8-9H2,2-5H3. The van der Waals surface area contributed by atoms with E-state index in [9.17, 15) is 4.79 Å². The number of Topliss-reactive ketones (excluding diaryl/α,β-unsaturated/α-hetero) is 1. The second-order valence-electron chi connectivity index (χ2n) is 7.24. The molecule has 0 amide bonds. The average molecular weight is 342 g/mol. The van der Waals surface area contributed by atoms with Crippen LogP contribution in [0.5, 0.6) is 0 Å². The van der Waals surface area contributed by atoms with E-state index in [4.69, 9.17) is 11.6 Å². The molecule has 1 atom stereocenters. The second-order valence-corrected chi connectivity index (χ2v) is 7.67. The lowest BCUT2D eigenvalue weighted by Gasteiger charge is -2.26. The van der Waals surface area contributed by atoms with Crippen LogP contribution in [-0.4, -0.2) is 10.8 Å². The summed E-state index contributed by atoms with van der Waals surface area (Å²) < 4.78 is 0. The number of H-pyrrole nitrogens is 1. The minimum absolute atomic E-state index is 0.228. The smallest absolute Gasteiger partial charge is 0.159 e. The second kappa shape index (κ2) is 6.25. The number of hydrogen-bond donors (Lipinski definition) is 1. The van der Waals surface area contributed by atoms with Gasteiger partial charge in [0.2, 0.25) is 0 Å². The van der Waals surface area contributed by atoms with Crippen LogP contribution in [0.25, 0.3) is 16.5 Å². The maximum atomic E-state index is 12.5. The van der Waals surface area contributed by atoms with Crippen LogP contribution < -0.4 is 0 Å². The number of carbonyl (C=O) groups excluding carboxylic acids is 1. The molecule has 1 unspecified atom stereocenters. The summed E-state index contributed by atoms with van der Waals surface area (Å²) in [4.78, 5) is 16.1. The summed E-state index contributed by atoms with van der Waals surface area (Å²) in [7, 11) is 0. The summed E-state index contributed by atoms with van der Waals surface area (Å²) in [6.07, 6.45) is 1.45. The van der Waals surface area contributed by atoms with Gasteiger partial charge in [0.1, 0.15) is 0 Å². The molecule has 1 aliphatic carbocycles. The highest BCUT2D eigenvalue weighted by Crippen LogP contribution is 2.41. The molecular weight excluding hydrogens is 318 g/mol. The third kappa shape index (κ3) is 2.84. The summed E-state index contributed by atoms with van der Waals surface area (Å²) in [5.74, 6) is 0.801. The molecule has 1 aromatic heterocycles. The van der Waals surface area contributed by atoms with E-state index >= 15 is 0 Å². The molecule has 2 aromatic rings. The van der Waals surface area contributed by atoms with E-state index in [0.29, 0.717) is 12.3 Å². The van der Waals surface area contributed by atoms with Gasteiger partial charge in [0, 0.05) is 28.0 Å². The molecule has 3 rings (SSSR count). The number of aromatic amines is 1. The van der Waals surface area contributed by atoms with Crippen LogP contribution in [0.2, 0.25) is 5.02 Å². The largest absolute Gasteiger partial charge is 0.355 e. The number of allylic oxidation sites excluding steroid dienone is 3. The van der Waals surface area contributed by atoms with Crippen molar-refractivity contribution in [2.45, 2.75) is 46.5 Å². The normalized spacial score (nSPS) is 18.8. The molecule has 24 heavy (non-hydrogen) atoms. The first kappa shape index (κ1) is 17.0. The van der Waals surface area contributed by atoms with Crippen LogP contribution in [0.1, 0.15) is 57.7 Å². The molecule has 2 nitrogen and oxygen atoms in total. The summed E-state index contributed by atoms with van der Waals surface area (Å²) in [5.41, 5.74) is 6.51. The lowest BCUT2D eigenvalue weighted by molar-refractivity contribution is -0.116. The van der Waals surface area contributed by atoms with Gasteiger partial charge in [-0.3, -0.25) is 4.79 Å². The molecule has 0 spiro atoms. The lowest BCUT2D eigenvalue weighted by atomic mass is 9.78. The number of halogens is 1. The Morgan fingerprint density at radius 2 is 2.04 bits per heavy atom. The third-order valence-electron chi connectivity index (χ3n) is 5.13. The van der Waals surface area contributed by atoms with Crippen molar-refractivity contribution in [1.29, 1.82) is 0 Å². The number of carbonyl (C=O) groups is 1. The highest BCUT2D eigenvalue weighted by atomic mass is 35.5. The van der Waals surface area contributed by atoms with Crippen molar-refractivity contribution >= 4 is 33.9 Å². The van der Waals surface area contributed by atoms with Crippen LogP contribution >= 0.6 is 11.6 Å². The van der Waals surface area contributed by atoms with Gasteiger partial charge in [-0.15, -0.1) is 0 Å². The fraction of sp³-hybridized carbons (Fsp3) is 0.381. The van der Waals surface area contributed by atoms with E-state index in [1.54, 1.807) is 0 Å². The summed E-state index contributed by atoms with van der Waals surface area (Å²) in [6, 6.07) is 5.94. The number of hydrogen-bond acceptors (Lipinski definition) is 1. The zero-order chi connectivity index (χ0) is 17.6.